The summed E-state index contributed by atoms with van der Waals surface area (Å²) in [5.41, 5.74) is 6.12. The molecule has 0 spiro atoms. The monoisotopic (exact) mass is 350 g/mol. The first-order valence-electron chi connectivity index (χ1n) is 6.43. The first-order valence-corrected chi connectivity index (χ1v) is 9.09. The molecule has 0 aliphatic heterocycles. The van der Waals surface area contributed by atoms with Crippen molar-refractivity contribution < 1.29 is 0 Å². The van der Waals surface area contributed by atoms with Crippen LogP contribution in [0.25, 0.3) is 0 Å². The maximum absolute atomic E-state index is 6.12. The van der Waals surface area contributed by atoms with E-state index in [-0.39, 0.29) is 6.04 Å². The van der Waals surface area contributed by atoms with Crippen molar-refractivity contribution in [2.24, 2.45) is 5.73 Å². The third-order valence-electron chi connectivity index (χ3n) is 2.95. The largest absolute Gasteiger partial charge is 0.327 e. The highest BCUT2D eigenvalue weighted by atomic mass is 79.9. The second-order valence-electron chi connectivity index (χ2n) is 4.32. The summed E-state index contributed by atoms with van der Waals surface area (Å²) >= 11 is 7.30. The van der Waals surface area contributed by atoms with Gasteiger partial charge in [0.2, 0.25) is 0 Å². The zero-order valence-electron chi connectivity index (χ0n) is 11.4. The zero-order valence-corrected chi connectivity index (χ0v) is 14.6. The molecule has 2 unspecified atom stereocenters. The number of halogens is 1. The summed E-state index contributed by atoms with van der Waals surface area (Å²) in [6, 6.07) is 4.49. The first kappa shape index (κ1) is 16.5. The number of nitrogens with zero attached hydrogens (tertiary/aromatic N) is 1. The van der Waals surface area contributed by atoms with Crippen molar-refractivity contribution in [3.63, 3.8) is 0 Å². The van der Waals surface area contributed by atoms with E-state index in [0.717, 1.165) is 25.4 Å². The van der Waals surface area contributed by atoms with Crippen molar-refractivity contribution in [3.05, 3.63) is 20.8 Å². The van der Waals surface area contributed by atoms with Gasteiger partial charge in [0.1, 0.15) is 0 Å². The van der Waals surface area contributed by atoms with E-state index < -0.39 is 0 Å². The van der Waals surface area contributed by atoms with Crippen LogP contribution in [0.15, 0.2) is 15.9 Å². The molecule has 1 aromatic rings. The minimum Gasteiger partial charge on any atom is -0.327 e. The number of thioether (sulfide) groups is 1. The molecular weight excluding hydrogens is 328 g/mol. The van der Waals surface area contributed by atoms with E-state index in [4.69, 9.17) is 5.73 Å². The fraction of sp³-hybridized carbons (Fsp3) is 0.692. The average molecular weight is 351 g/mol. The Kier molecular flexibility index (Phi) is 7.87. The van der Waals surface area contributed by atoms with Crippen LogP contribution in [-0.2, 0) is 0 Å². The molecule has 5 heteroatoms. The smallest absolute Gasteiger partial charge is 0.0701 e. The van der Waals surface area contributed by atoms with E-state index in [2.05, 4.69) is 53.7 Å². The lowest BCUT2D eigenvalue weighted by Crippen LogP contribution is -2.27. The average Bonchev–Trinajstić information content (AvgIpc) is 2.75. The standard InChI is InChI=1S/C13H23BrN2S2/c1-4-16(5-2)8-9-17-13(10(3)15)11-6-7-12(14)18-11/h6-7,10,13H,4-5,8-9,15H2,1-3H3. The van der Waals surface area contributed by atoms with Gasteiger partial charge in [-0.3, -0.25) is 0 Å². The van der Waals surface area contributed by atoms with Crippen LogP contribution in [0.3, 0.4) is 0 Å². The van der Waals surface area contributed by atoms with Crippen molar-refractivity contribution in [1.29, 1.82) is 0 Å². The molecule has 0 aliphatic carbocycles. The highest BCUT2D eigenvalue weighted by molar-refractivity contribution is 9.11. The highest BCUT2D eigenvalue weighted by Gasteiger charge is 2.18. The molecule has 2 nitrogen and oxygen atoms in total. The predicted octanol–water partition coefficient (Wildman–Crippen LogP) is 3.97. The molecule has 0 amide bonds. The van der Waals surface area contributed by atoms with Crippen LogP contribution in [0.2, 0.25) is 0 Å². The normalized spacial score (nSPS) is 15.0. The SMILES string of the molecule is CCN(CC)CCSC(c1ccc(Br)s1)C(C)N. The van der Waals surface area contributed by atoms with Gasteiger partial charge in [0.15, 0.2) is 0 Å². The Balaban J connectivity index is 2.49. The molecule has 2 N–H and O–H groups in total. The minimum atomic E-state index is 0.192. The van der Waals surface area contributed by atoms with Crippen LogP contribution in [0, 0.1) is 0 Å². The lowest BCUT2D eigenvalue weighted by Gasteiger charge is -2.22. The van der Waals surface area contributed by atoms with Crippen molar-refractivity contribution in [1.82, 2.24) is 4.90 Å². The van der Waals surface area contributed by atoms with Gasteiger partial charge in [-0.05, 0) is 48.1 Å². The van der Waals surface area contributed by atoms with Gasteiger partial charge in [-0.25, -0.2) is 0 Å². The number of rotatable bonds is 8. The second kappa shape index (κ2) is 8.59. The van der Waals surface area contributed by atoms with Crippen molar-refractivity contribution >= 4 is 39.0 Å². The number of hydrogen-bond donors (Lipinski definition) is 1. The Labute approximate surface area is 127 Å². The molecule has 0 saturated carbocycles. The van der Waals surface area contributed by atoms with Crippen LogP contribution in [0.1, 0.15) is 30.9 Å². The summed E-state index contributed by atoms with van der Waals surface area (Å²) in [4.78, 5) is 3.83. The molecule has 104 valence electrons. The molecule has 0 aliphatic rings. The Morgan fingerprint density at radius 1 is 1.39 bits per heavy atom. The van der Waals surface area contributed by atoms with Gasteiger partial charge >= 0.3 is 0 Å². The molecule has 1 aromatic heterocycles. The van der Waals surface area contributed by atoms with E-state index in [9.17, 15) is 0 Å². The van der Waals surface area contributed by atoms with E-state index in [1.165, 1.54) is 8.66 Å². The van der Waals surface area contributed by atoms with Gasteiger partial charge in [0, 0.05) is 23.2 Å². The van der Waals surface area contributed by atoms with Gasteiger partial charge in [-0.2, -0.15) is 0 Å². The van der Waals surface area contributed by atoms with E-state index >= 15 is 0 Å². The summed E-state index contributed by atoms with van der Waals surface area (Å²) in [7, 11) is 0. The quantitative estimate of drug-likeness (QED) is 0.768. The van der Waals surface area contributed by atoms with Gasteiger partial charge in [0.05, 0.1) is 9.04 Å². The number of hydrogen-bond acceptors (Lipinski definition) is 4. The molecular formula is C13H23BrN2S2. The zero-order chi connectivity index (χ0) is 13.5. The maximum Gasteiger partial charge on any atom is 0.0701 e. The van der Waals surface area contributed by atoms with Gasteiger partial charge < -0.3 is 10.6 Å². The molecule has 0 bridgehead atoms. The molecule has 1 heterocycles. The number of nitrogens with two attached hydrogens (primary N) is 1. The topological polar surface area (TPSA) is 29.3 Å². The Morgan fingerprint density at radius 2 is 2.06 bits per heavy atom. The molecule has 2 atom stereocenters. The Bertz CT molecular complexity index is 337. The molecule has 18 heavy (non-hydrogen) atoms. The molecule has 0 fully saturated rings. The fourth-order valence-electron chi connectivity index (χ4n) is 1.82. The highest BCUT2D eigenvalue weighted by Crippen LogP contribution is 2.37. The minimum absolute atomic E-state index is 0.192. The summed E-state index contributed by atoms with van der Waals surface area (Å²) in [5, 5.41) is 0.414. The Morgan fingerprint density at radius 3 is 2.50 bits per heavy atom. The summed E-state index contributed by atoms with van der Waals surface area (Å²) in [6.45, 7) is 9.94. The lowest BCUT2D eigenvalue weighted by molar-refractivity contribution is 0.323. The maximum atomic E-state index is 6.12. The van der Waals surface area contributed by atoms with Gasteiger partial charge in [-0.15, -0.1) is 23.1 Å². The van der Waals surface area contributed by atoms with E-state index in [1.807, 2.05) is 11.8 Å². The third kappa shape index (κ3) is 5.21. The third-order valence-corrected chi connectivity index (χ3v) is 6.27. The van der Waals surface area contributed by atoms with Crippen LogP contribution in [-0.4, -0.2) is 36.3 Å². The Hall–Kier alpha value is 0.450. The van der Waals surface area contributed by atoms with Crippen molar-refractivity contribution in [2.75, 3.05) is 25.4 Å². The molecule has 0 saturated heterocycles. The van der Waals surface area contributed by atoms with Crippen LogP contribution >= 0.6 is 39.0 Å². The van der Waals surface area contributed by atoms with Gasteiger partial charge in [0.25, 0.3) is 0 Å². The first-order chi connectivity index (χ1) is 8.58. The second-order valence-corrected chi connectivity index (χ2v) is 8.06. The van der Waals surface area contributed by atoms with Crippen LogP contribution in [0.5, 0.6) is 0 Å². The number of thiophene rings is 1. The van der Waals surface area contributed by atoms with Crippen molar-refractivity contribution in [3.8, 4) is 0 Å². The summed E-state index contributed by atoms with van der Waals surface area (Å²) < 4.78 is 1.19. The van der Waals surface area contributed by atoms with E-state index in [0.29, 0.717) is 5.25 Å². The molecule has 0 aromatic carbocycles. The van der Waals surface area contributed by atoms with Gasteiger partial charge in [-0.1, -0.05) is 13.8 Å². The molecule has 0 radical (unpaired) electrons. The summed E-state index contributed by atoms with van der Waals surface area (Å²) in [5.74, 6) is 1.14. The lowest BCUT2D eigenvalue weighted by atomic mass is 10.2. The van der Waals surface area contributed by atoms with Crippen molar-refractivity contribution in [2.45, 2.75) is 32.1 Å². The van der Waals surface area contributed by atoms with E-state index in [1.54, 1.807) is 11.3 Å². The predicted molar refractivity (Wildman–Crippen MR) is 88.7 cm³/mol. The van der Waals surface area contributed by atoms with Crippen LogP contribution in [0.4, 0.5) is 0 Å². The fourth-order valence-corrected chi connectivity index (χ4v) is 4.86. The van der Waals surface area contributed by atoms with Crippen LogP contribution < -0.4 is 5.73 Å². The molecule has 1 rings (SSSR count). The summed E-state index contributed by atoms with van der Waals surface area (Å²) in [6.07, 6.45) is 0.